The number of rotatable bonds is 2. The van der Waals surface area contributed by atoms with Crippen LogP contribution < -0.4 is 0 Å². The van der Waals surface area contributed by atoms with Crippen LogP contribution in [0.1, 0.15) is 18.7 Å². The summed E-state index contributed by atoms with van der Waals surface area (Å²) >= 11 is 5.57. The van der Waals surface area contributed by atoms with Crippen LogP contribution in [-0.2, 0) is 6.42 Å². The van der Waals surface area contributed by atoms with E-state index in [-0.39, 0.29) is 0 Å². The first kappa shape index (κ1) is 11.5. The van der Waals surface area contributed by atoms with Crippen molar-refractivity contribution in [1.29, 1.82) is 0 Å². The molecular formula is C12H14BrN3S. The average molecular weight is 312 g/mol. The number of thioether (sulfide) groups is 1. The third-order valence-corrected chi connectivity index (χ3v) is 5.09. The predicted molar refractivity (Wildman–Crippen MR) is 74.4 cm³/mol. The van der Waals surface area contributed by atoms with E-state index in [0.29, 0.717) is 0 Å². The molecule has 0 saturated carbocycles. The number of hydrogen-bond acceptors (Lipinski definition) is 3. The highest BCUT2D eigenvalue weighted by Crippen LogP contribution is 2.26. The molecule has 1 saturated heterocycles. The number of hydrogen-bond donors (Lipinski definition) is 0. The van der Waals surface area contributed by atoms with E-state index in [0.717, 1.165) is 28.3 Å². The van der Waals surface area contributed by atoms with E-state index in [9.17, 15) is 0 Å². The highest BCUT2D eigenvalue weighted by molar-refractivity contribution is 9.10. The fourth-order valence-corrected chi connectivity index (χ4v) is 3.88. The second-order valence-corrected chi connectivity index (χ2v) is 6.46. The van der Waals surface area contributed by atoms with E-state index in [4.69, 9.17) is 0 Å². The van der Waals surface area contributed by atoms with E-state index in [1.54, 1.807) is 0 Å². The Balaban J connectivity index is 1.87. The minimum atomic E-state index is 0.764. The zero-order valence-electron chi connectivity index (χ0n) is 9.47. The van der Waals surface area contributed by atoms with Crippen LogP contribution in [0.4, 0.5) is 0 Å². The Labute approximate surface area is 113 Å². The summed E-state index contributed by atoms with van der Waals surface area (Å²) in [5, 5.41) is 8.57. The van der Waals surface area contributed by atoms with Crippen molar-refractivity contribution in [3.8, 4) is 0 Å². The molecule has 1 unspecified atom stereocenters. The van der Waals surface area contributed by atoms with E-state index in [1.165, 1.54) is 24.3 Å². The van der Waals surface area contributed by atoms with Gasteiger partial charge >= 0.3 is 0 Å². The van der Waals surface area contributed by atoms with Gasteiger partial charge in [-0.25, -0.2) is 0 Å². The Bertz CT molecular complexity index is 519. The summed E-state index contributed by atoms with van der Waals surface area (Å²) in [5.41, 5.74) is 0.922. The lowest BCUT2D eigenvalue weighted by atomic mass is 10.0. The molecule has 2 aromatic heterocycles. The number of pyridine rings is 1. The number of nitrogens with zero attached hydrogens (tertiary/aromatic N) is 3. The summed E-state index contributed by atoms with van der Waals surface area (Å²) in [6.45, 7) is 0. The zero-order chi connectivity index (χ0) is 11.7. The smallest absolute Gasteiger partial charge is 0.175 e. The first-order valence-corrected chi connectivity index (χ1v) is 7.85. The number of aromatic nitrogens is 3. The van der Waals surface area contributed by atoms with Crippen LogP contribution in [0.3, 0.4) is 0 Å². The molecule has 17 heavy (non-hydrogen) atoms. The van der Waals surface area contributed by atoms with Crippen molar-refractivity contribution in [2.24, 2.45) is 5.92 Å². The van der Waals surface area contributed by atoms with Gasteiger partial charge in [-0.05, 0) is 58.3 Å². The van der Waals surface area contributed by atoms with Gasteiger partial charge in [-0.3, -0.25) is 4.40 Å². The van der Waals surface area contributed by atoms with Crippen LogP contribution >= 0.6 is 27.7 Å². The van der Waals surface area contributed by atoms with Crippen LogP contribution in [0.15, 0.2) is 22.8 Å². The van der Waals surface area contributed by atoms with Gasteiger partial charge < -0.3 is 0 Å². The van der Waals surface area contributed by atoms with E-state index < -0.39 is 0 Å². The molecule has 3 heterocycles. The summed E-state index contributed by atoms with van der Waals surface area (Å²) in [5.74, 6) is 4.44. The van der Waals surface area contributed by atoms with Crippen LogP contribution in [0.5, 0.6) is 0 Å². The van der Waals surface area contributed by atoms with Crippen molar-refractivity contribution in [2.45, 2.75) is 19.3 Å². The maximum Gasteiger partial charge on any atom is 0.175 e. The van der Waals surface area contributed by atoms with Crippen LogP contribution in [0.2, 0.25) is 0 Å². The highest BCUT2D eigenvalue weighted by Gasteiger charge is 2.17. The highest BCUT2D eigenvalue weighted by atomic mass is 79.9. The molecular weight excluding hydrogens is 298 g/mol. The van der Waals surface area contributed by atoms with Crippen molar-refractivity contribution >= 4 is 33.3 Å². The van der Waals surface area contributed by atoms with Crippen LogP contribution in [-0.4, -0.2) is 26.1 Å². The standard InChI is InChI=1S/C12H14BrN3S/c13-10-4-1-5-16-11(14-15-12(10)16)7-9-3-2-6-17-8-9/h1,4-5,9H,2-3,6-8H2. The van der Waals surface area contributed by atoms with Gasteiger partial charge in [-0.2, -0.15) is 11.8 Å². The summed E-state index contributed by atoms with van der Waals surface area (Å²) in [6.07, 6.45) is 5.77. The zero-order valence-corrected chi connectivity index (χ0v) is 11.9. The van der Waals surface area contributed by atoms with Crippen LogP contribution in [0, 0.1) is 5.92 Å². The van der Waals surface area contributed by atoms with E-state index in [1.807, 2.05) is 18.3 Å². The fourth-order valence-electron chi connectivity index (χ4n) is 2.30. The number of halogens is 1. The third kappa shape index (κ3) is 2.36. The molecule has 1 aliphatic heterocycles. The molecule has 0 spiro atoms. The molecule has 0 aromatic carbocycles. The molecule has 0 aliphatic carbocycles. The Kier molecular flexibility index (Phi) is 3.38. The monoisotopic (exact) mass is 311 g/mol. The van der Waals surface area contributed by atoms with E-state index >= 15 is 0 Å². The fraction of sp³-hybridized carbons (Fsp3) is 0.500. The van der Waals surface area contributed by atoms with Gasteiger partial charge in [-0.1, -0.05) is 0 Å². The Morgan fingerprint density at radius 2 is 2.41 bits per heavy atom. The molecule has 2 aromatic rings. The van der Waals surface area contributed by atoms with Gasteiger partial charge in [0.05, 0.1) is 4.47 Å². The molecule has 90 valence electrons. The van der Waals surface area contributed by atoms with Crippen molar-refractivity contribution < 1.29 is 0 Å². The van der Waals surface area contributed by atoms with Crippen molar-refractivity contribution in [1.82, 2.24) is 14.6 Å². The molecule has 0 radical (unpaired) electrons. The topological polar surface area (TPSA) is 30.2 Å². The lowest BCUT2D eigenvalue weighted by Gasteiger charge is -2.20. The molecule has 1 aliphatic rings. The summed E-state index contributed by atoms with van der Waals surface area (Å²) in [4.78, 5) is 0. The van der Waals surface area contributed by atoms with Crippen molar-refractivity contribution in [2.75, 3.05) is 11.5 Å². The normalized spacial score (nSPS) is 20.9. The Hall–Kier alpha value is -0.550. The third-order valence-electron chi connectivity index (χ3n) is 3.18. The minimum absolute atomic E-state index is 0.764. The average Bonchev–Trinajstić information content (AvgIpc) is 2.76. The first-order chi connectivity index (χ1) is 8.34. The van der Waals surface area contributed by atoms with Gasteiger partial charge in [-0.15, -0.1) is 10.2 Å². The van der Waals surface area contributed by atoms with Gasteiger partial charge in [0, 0.05) is 12.6 Å². The summed E-state index contributed by atoms with van der Waals surface area (Å²) in [7, 11) is 0. The molecule has 5 heteroatoms. The predicted octanol–water partition coefficient (Wildman–Crippen LogP) is 3.18. The lowest BCUT2D eigenvalue weighted by molar-refractivity contribution is 0.506. The Morgan fingerprint density at radius 1 is 1.47 bits per heavy atom. The maximum atomic E-state index is 4.32. The molecule has 3 nitrogen and oxygen atoms in total. The van der Waals surface area contributed by atoms with Gasteiger partial charge in [0.25, 0.3) is 0 Å². The van der Waals surface area contributed by atoms with Crippen molar-refractivity contribution in [3.63, 3.8) is 0 Å². The van der Waals surface area contributed by atoms with Crippen molar-refractivity contribution in [3.05, 3.63) is 28.6 Å². The molecule has 0 N–H and O–H groups in total. The molecule has 0 bridgehead atoms. The van der Waals surface area contributed by atoms with Crippen LogP contribution in [0.25, 0.3) is 5.65 Å². The molecule has 0 amide bonds. The first-order valence-electron chi connectivity index (χ1n) is 5.90. The quantitative estimate of drug-likeness (QED) is 0.853. The number of fused-ring (bicyclic) bond motifs is 1. The second-order valence-electron chi connectivity index (χ2n) is 4.45. The maximum absolute atomic E-state index is 4.32. The minimum Gasteiger partial charge on any atom is -0.285 e. The SMILES string of the molecule is Brc1cccn2c(CC3CCCSC3)nnc12. The molecule has 3 rings (SSSR count). The van der Waals surface area contributed by atoms with Gasteiger partial charge in [0.1, 0.15) is 5.82 Å². The van der Waals surface area contributed by atoms with Gasteiger partial charge in [0.15, 0.2) is 5.65 Å². The van der Waals surface area contributed by atoms with E-state index in [2.05, 4.69) is 42.3 Å². The second kappa shape index (κ2) is 4.98. The van der Waals surface area contributed by atoms with Gasteiger partial charge in [0.2, 0.25) is 0 Å². The lowest BCUT2D eigenvalue weighted by Crippen LogP contribution is -2.14. The molecule has 1 atom stereocenters. The molecule has 1 fully saturated rings. The summed E-state index contributed by atoms with van der Waals surface area (Å²) in [6, 6.07) is 4.03. The summed E-state index contributed by atoms with van der Waals surface area (Å²) < 4.78 is 3.11. The Morgan fingerprint density at radius 3 is 3.24 bits per heavy atom. The largest absolute Gasteiger partial charge is 0.285 e.